The highest BCUT2D eigenvalue weighted by atomic mass is 79.9. The summed E-state index contributed by atoms with van der Waals surface area (Å²) in [4.78, 5) is 12.6. The fourth-order valence-corrected chi connectivity index (χ4v) is 2.78. The first kappa shape index (κ1) is 15.8. The van der Waals surface area contributed by atoms with E-state index in [1.807, 2.05) is 26.0 Å². The van der Waals surface area contributed by atoms with E-state index >= 15 is 0 Å². The van der Waals surface area contributed by atoms with Crippen molar-refractivity contribution in [1.29, 1.82) is 0 Å². The Morgan fingerprint density at radius 1 is 1.33 bits per heavy atom. The third-order valence-corrected chi connectivity index (χ3v) is 4.36. The standard InChI is InChI=1S/C16H20BrN3O/c1-5-6-12-9-18-20(4)15(12)16(21)19-14-8-10(2)13(17)7-11(14)3/h7-9H,5-6H2,1-4H3,(H,19,21). The lowest BCUT2D eigenvalue weighted by Gasteiger charge is -2.12. The fourth-order valence-electron chi connectivity index (χ4n) is 2.33. The van der Waals surface area contributed by atoms with Gasteiger partial charge in [0.2, 0.25) is 0 Å². The van der Waals surface area contributed by atoms with Gasteiger partial charge in [-0.2, -0.15) is 5.10 Å². The molecule has 0 fully saturated rings. The highest BCUT2D eigenvalue weighted by Gasteiger charge is 2.17. The average Bonchev–Trinajstić information content (AvgIpc) is 2.77. The molecule has 0 atom stereocenters. The molecule has 4 nitrogen and oxygen atoms in total. The highest BCUT2D eigenvalue weighted by Crippen LogP contribution is 2.25. The Kier molecular flexibility index (Phi) is 4.83. The number of benzene rings is 1. The maximum atomic E-state index is 12.6. The molecule has 112 valence electrons. The maximum Gasteiger partial charge on any atom is 0.274 e. The molecular formula is C16H20BrN3O. The Balaban J connectivity index is 2.30. The summed E-state index contributed by atoms with van der Waals surface area (Å²) in [5.41, 5.74) is 4.58. The van der Waals surface area contributed by atoms with Crippen LogP contribution < -0.4 is 5.32 Å². The number of aryl methyl sites for hydroxylation is 4. The molecule has 0 saturated heterocycles. The van der Waals surface area contributed by atoms with Crippen LogP contribution in [0.1, 0.15) is 40.5 Å². The highest BCUT2D eigenvalue weighted by molar-refractivity contribution is 9.10. The molecule has 0 aliphatic rings. The summed E-state index contributed by atoms with van der Waals surface area (Å²) in [6.45, 7) is 6.08. The van der Waals surface area contributed by atoms with Crippen molar-refractivity contribution in [2.75, 3.05) is 5.32 Å². The molecule has 0 bridgehead atoms. The van der Waals surface area contributed by atoms with Crippen LogP contribution in [0.15, 0.2) is 22.8 Å². The lowest BCUT2D eigenvalue weighted by molar-refractivity contribution is 0.101. The number of amides is 1. The Bertz CT molecular complexity index is 676. The number of nitrogens with one attached hydrogen (secondary N) is 1. The van der Waals surface area contributed by atoms with Crippen LogP contribution in [0.4, 0.5) is 5.69 Å². The van der Waals surface area contributed by atoms with Crippen molar-refractivity contribution < 1.29 is 4.79 Å². The Morgan fingerprint density at radius 3 is 2.71 bits per heavy atom. The monoisotopic (exact) mass is 349 g/mol. The summed E-state index contributed by atoms with van der Waals surface area (Å²) in [6, 6.07) is 3.99. The van der Waals surface area contributed by atoms with Gasteiger partial charge in [-0.05, 0) is 43.5 Å². The van der Waals surface area contributed by atoms with E-state index in [0.717, 1.165) is 39.7 Å². The molecule has 21 heavy (non-hydrogen) atoms. The smallest absolute Gasteiger partial charge is 0.274 e. The number of nitrogens with zero attached hydrogens (tertiary/aromatic N) is 2. The first-order valence-corrected chi connectivity index (χ1v) is 7.82. The van der Waals surface area contributed by atoms with Gasteiger partial charge in [0, 0.05) is 22.8 Å². The van der Waals surface area contributed by atoms with Gasteiger partial charge in [0.05, 0.1) is 6.20 Å². The van der Waals surface area contributed by atoms with E-state index in [4.69, 9.17) is 0 Å². The van der Waals surface area contributed by atoms with E-state index in [0.29, 0.717) is 5.69 Å². The van der Waals surface area contributed by atoms with Crippen LogP contribution in [-0.4, -0.2) is 15.7 Å². The minimum absolute atomic E-state index is 0.108. The third kappa shape index (κ3) is 3.35. The minimum Gasteiger partial charge on any atom is -0.320 e. The van der Waals surface area contributed by atoms with Crippen LogP contribution in [-0.2, 0) is 13.5 Å². The lowest BCUT2D eigenvalue weighted by atomic mass is 10.1. The van der Waals surface area contributed by atoms with Crippen LogP contribution in [0.2, 0.25) is 0 Å². The average molecular weight is 350 g/mol. The van der Waals surface area contributed by atoms with Crippen LogP contribution in [0.3, 0.4) is 0 Å². The van der Waals surface area contributed by atoms with Gasteiger partial charge in [0.25, 0.3) is 5.91 Å². The lowest BCUT2D eigenvalue weighted by Crippen LogP contribution is -2.18. The molecule has 1 aromatic carbocycles. The molecule has 0 aliphatic carbocycles. The number of hydrogen-bond donors (Lipinski definition) is 1. The van der Waals surface area contributed by atoms with Crippen molar-refractivity contribution in [3.8, 4) is 0 Å². The number of halogens is 1. The molecular weight excluding hydrogens is 330 g/mol. The van der Waals surface area contributed by atoms with Crippen LogP contribution >= 0.6 is 15.9 Å². The number of rotatable bonds is 4. The second-order valence-electron chi connectivity index (χ2n) is 5.26. The first-order valence-electron chi connectivity index (χ1n) is 7.03. The van der Waals surface area contributed by atoms with Gasteiger partial charge in [-0.1, -0.05) is 29.3 Å². The number of hydrogen-bond acceptors (Lipinski definition) is 2. The minimum atomic E-state index is -0.108. The summed E-state index contributed by atoms with van der Waals surface area (Å²) >= 11 is 3.50. The summed E-state index contributed by atoms with van der Waals surface area (Å²) in [5, 5.41) is 7.20. The number of anilines is 1. The van der Waals surface area contributed by atoms with E-state index in [1.165, 1.54) is 0 Å². The Hall–Kier alpha value is -1.62. The van der Waals surface area contributed by atoms with Crippen LogP contribution in [0, 0.1) is 13.8 Å². The van der Waals surface area contributed by atoms with E-state index in [-0.39, 0.29) is 5.91 Å². The topological polar surface area (TPSA) is 46.9 Å². The predicted octanol–water partition coefficient (Wildman–Crippen LogP) is 4.00. The van der Waals surface area contributed by atoms with Crippen molar-refractivity contribution in [2.24, 2.45) is 7.05 Å². The predicted molar refractivity (Wildman–Crippen MR) is 88.8 cm³/mol. The number of carbonyl (C=O) groups is 1. The van der Waals surface area contributed by atoms with Gasteiger partial charge < -0.3 is 5.32 Å². The molecule has 0 spiro atoms. The van der Waals surface area contributed by atoms with E-state index < -0.39 is 0 Å². The van der Waals surface area contributed by atoms with Gasteiger partial charge in [-0.15, -0.1) is 0 Å². The van der Waals surface area contributed by atoms with E-state index in [1.54, 1.807) is 17.9 Å². The summed E-state index contributed by atoms with van der Waals surface area (Å²) in [5.74, 6) is -0.108. The summed E-state index contributed by atoms with van der Waals surface area (Å²) < 4.78 is 2.69. The van der Waals surface area contributed by atoms with Crippen molar-refractivity contribution in [1.82, 2.24) is 9.78 Å². The molecule has 1 N–H and O–H groups in total. The van der Waals surface area contributed by atoms with Gasteiger partial charge in [0.1, 0.15) is 5.69 Å². The van der Waals surface area contributed by atoms with Crippen LogP contribution in [0.25, 0.3) is 0 Å². The van der Waals surface area contributed by atoms with Crippen molar-refractivity contribution in [2.45, 2.75) is 33.6 Å². The molecule has 0 saturated carbocycles. The molecule has 5 heteroatoms. The maximum absolute atomic E-state index is 12.6. The summed E-state index contributed by atoms with van der Waals surface area (Å²) in [7, 11) is 1.80. The van der Waals surface area contributed by atoms with Gasteiger partial charge in [0.15, 0.2) is 0 Å². The molecule has 0 unspecified atom stereocenters. The van der Waals surface area contributed by atoms with Crippen LogP contribution in [0.5, 0.6) is 0 Å². The first-order chi connectivity index (χ1) is 9.93. The summed E-state index contributed by atoms with van der Waals surface area (Å²) in [6.07, 6.45) is 3.62. The zero-order chi connectivity index (χ0) is 15.6. The Labute approximate surface area is 133 Å². The fraction of sp³-hybridized carbons (Fsp3) is 0.375. The Morgan fingerprint density at radius 2 is 2.05 bits per heavy atom. The SMILES string of the molecule is CCCc1cnn(C)c1C(=O)Nc1cc(C)c(Br)cc1C. The molecule has 0 radical (unpaired) electrons. The quantitative estimate of drug-likeness (QED) is 0.906. The molecule has 0 aliphatic heterocycles. The van der Waals surface area contributed by atoms with E-state index in [2.05, 4.69) is 33.3 Å². The number of aromatic nitrogens is 2. The zero-order valence-corrected chi connectivity index (χ0v) is 14.4. The van der Waals surface area contributed by atoms with E-state index in [9.17, 15) is 4.79 Å². The van der Waals surface area contributed by atoms with Gasteiger partial charge >= 0.3 is 0 Å². The molecule has 1 heterocycles. The molecule has 2 rings (SSSR count). The van der Waals surface area contributed by atoms with Gasteiger partial charge in [-0.3, -0.25) is 9.48 Å². The van der Waals surface area contributed by atoms with Gasteiger partial charge in [-0.25, -0.2) is 0 Å². The largest absolute Gasteiger partial charge is 0.320 e. The molecule has 1 amide bonds. The normalized spacial score (nSPS) is 10.7. The second-order valence-corrected chi connectivity index (χ2v) is 6.12. The van der Waals surface area contributed by atoms with Crippen molar-refractivity contribution in [3.63, 3.8) is 0 Å². The van der Waals surface area contributed by atoms with Crippen molar-refractivity contribution in [3.05, 3.63) is 45.2 Å². The third-order valence-electron chi connectivity index (χ3n) is 3.50. The zero-order valence-electron chi connectivity index (χ0n) is 12.8. The number of carbonyl (C=O) groups excluding carboxylic acids is 1. The molecule has 1 aromatic heterocycles. The van der Waals surface area contributed by atoms with Crippen molar-refractivity contribution >= 4 is 27.5 Å². The second kappa shape index (κ2) is 6.43. The molecule has 2 aromatic rings.